The molecule has 1 aliphatic rings. The minimum atomic E-state index is 1.21. The first kappa shape index (κ1) is 11.3. The molecule has 0 spiro atoms. The van der Waals surface area contributed by atoms with Crippen molar-refractivity contribution in [1.82, 2.24) is 0 Å². The molecule has 2 nitrogen and oxygen atoms in total. The molecular formula is C14H22N2. The van der Waals surface area contributed by atoms with Crippen LogP contribution in [0.2, 0.25) is 0 Å². The highest BCUT2D eigenvalue weighted by Crippen LogP contribution is 2.28. The molecule has 1 aliphatic heterocycles. The highest BCUT2D eigenvalue weighted by molar-refractivity contribution is 5.70. The molecule has 1 N–H and O–H groups in total. The van der Waals surface area contributed by atoms with Crippen LogP contribution in [0.3, 0.4) is 0 Å². The van der Waals surface area contributed by atoms with Gasteiger partial charge in [-0.05, 0) is 37.5 Å². The number of hydrogen-bond donors (Lipinski definition) is 1. The molecular weight excluding hydrogens is 196 g/mol. The molecule has 0 bridgehead atoms. The molecule has 1 heterocycles. The van der Waals surface area contributed by atoms with Crippen molar-refractivity contribution >= 4 is 11.4 Å². The molecule has 2 rings (SSSR count). The number of rotatable bonds is 2. The van der Waals surface area contributed by atoms with Crippen LogP contribution >= 0.6 is 0 Å². The van der Waals surface area contributed by atoms with E-state index in [9.17, 15) is 0 Å². The second-order valence-electron chi connectivity index (χ2n) is 4.67. The Morgan fingerprint density at radius 1 is 1.06 bits per heavy atom. The summed E-state index contributed by atoms with van der Waals surface area (Å²) in [6, 6.07) is 6.70. The van der Waals surface area contributed by atoms with Crippen molar-refractivity contribution in [2.24, 2.45) is 0 Å². The number of hydrogen-bond acceptors (Lipinski definition) is 2. The predicted molar refractivity (Wildman–Crippen MR) is 71.4 cm³/mol. The molecule has 0 amide bonds. The van der Waals surface area contributed by atoms with Gasteiger partial charge in [0.05, 0.1) is 11.4 Å². The Balaban J connectivity index is 2.23. The monoisotopic (exact) mass is 218 g/mol. The second kappa shape index (κ2) is 5.24. The SMILES string of the molecule is CNc1cc(C)ccc1N1CCCCCC1. The van der Waals surface area contributed by atoms with Gasteiger partial charge in [0.25, 0.3) is 0 Å². The van der Waals surface area contributed by atoms with Crippen LogP contribution in [-0.2, 0) is 0 Å². The zero-order valence-electron chi connectivity index (χ0n) is 10.4. The van der Waals surface area contributed by atoms with Crippen LogP contribution in [0.4, 0.5) is 11.4 Å². The molecule has 0 aliphatic carbocycles. The van der Waals surface area contributed by atoms with E-state index in [4.69, 9.17) is 0 Å². The summed E-state index contributed by atoms with van der Waals surface area (Å²) in [7, 11) is 2.01. The average molecular weight is 218 g/mol. The van der Waals surface area contributed by atoms with E-state index < -0.39 is 0 Å². The van der Waals surface area contributed by atoms with E-state index in [0.29, 0.717) is 0 Å². The van der Waals surface area contributed by atoms with E-state index in [2.05, 4.69) is 35.3 Å². The quantitative estimate of drug-likeness (QED) is 0.818. The molecule has 0 atom stereocenters. The van der Waals surface area contributed by atoms with E-state index in [1.165, 1.54) is 55.7 Å². The summed E-state index contributed by atoms with van der Waals surface area (Å²) in [6.07, 6.45) is 5.43. The first-order valence-corrected chi connectivity index (χ1v) is 6.34. The summed E-state index contributed by atoms with van der Waals surface area (Å²) in [5, 5.41) is 3.31. The van der Waals surface area contributed by atoms with Crippen LogP contribution in [0.1, 0.15) is 31.2 Å². The van der Waals surface area contributed by atoms with Crippen molar-refractivity contribution in [2.75, 3.05) is 30.4 Å². The van der Waals surface area contributed by atoms with Crippen LogP contribution in [0.5, 0.6) is 0 Å². The number of nitrogens with zero attached hydrogens (tertiary/aromatic N) is 1. The number of nitrogens with one attached hydrogen (secondary N) is 1. The standard InChI is InChI=1S/C14H22N2/c1-12-7-8-14(13(11-12)15-2)16-9-5-3-4-6-10-16/h7-8,11,15H,3-6,9-10H2,1-2H3. The van der Waals surface area contributed by atoms with Crippen molar-refractivity contribution in [3.05, 3.63) is 23.8 Å². The van der Waals surface area contributed by atoms with Gasteiger partial charge in [0.1, 0.15) is 0 Å². The number of aryl methyl sites for hydroxylation is 1. The molecule has 1 saturated heterocycles. The van der Waals surface area contributed by atoms with Gasteiger partial charge in [-0.15, -0.1) is 0 Å². The normalized spacial score (nSPS) is 17.0. The lowest BCUT2D eigenvalue weighted by Gasteiger charge is -2.25. The van der Waals surface area contributed by atoms with Crippen molar-refractivity contribution in [1.29, 1.82) is 0 Å². The second-order valence-corrected chi connectivity index (χ2v) is 4.67. The van der Waals surface area contributed by atoms with E-state index >= 15 is 0 Å². The van der Waals surface area contributed by atoms with Crippen LogP contribution in [0.15, 0.2) is 18.2 Å². The van der Waals surface area contributed by atoms with Crippen molar-refractivity contribution < 1.29 is 0 Å². The van der Waals surface area contributed by atoms with Crippen LogP contribution in [-0.4, -0.2) is 20.1 Å². The Morgan fingerprint density at radius 3 is 2.38 bits per heavy atom. The Bertz CT molecular complexity index is 339. The maximum Gasteiger partial charge on any atom is 0.0602 e. The van der Waals surface area contributed by atoms with Crippen molar-refractivity contribution in [3.63, 3.8) is 0 Å². The molecule has 0 aromatic heterocycles. The highest BCUT2D eigenvalue weighted by atomic mass is 15.1. The first-order chi connectivity index (χ1) is 7.81. The van der Waals surface area contributed by atoms with Crippen LogP contribution < -0.4 is 10.2 Å². The average Bonchev–Trinajstić information content (AvgIpc) is 2.57. The minimum absolute atomic E-state index is 1.21. The third-order valence-corrected chi connectivity index (χ3v) is 3.37. The minimum Gasteiger partial charge on any atom is -0.386 e. The molecule has 88 valence electrons. The summed E-state index contributed by atoms with van der Waals surface area (Å²) in [5.74, 6) is 0. The number of anilines is 2. The van der Waals surface area contributed by atoms with Crippen LogP contribution in [0.25, 0.3) is 0 Å². The summed E-state index contributed by atoms with van der Waals surface area (Å²) in [4.78, 5) is 2.53. The van der Waals surface area contributed by atoms with E-state index in [1.807, 2.05) is 7.05 Å². The molecule has 1 fully saturated rings. The van der Waals surface area contributed by atoms with Gasteiger partial charge in [0.2, 0.25) is 0 Å². The molecule has 2 heteroatoms. The van der Waals surface area contributed by atoms with Gasteiger partial charge in [-0.3, -0.25) is 0 Å². The Labute approximate surface area is 98.7 Å². The van der Waals surface area contributed by atoms with Crippen molar-refractivity contribution in [2.45, 2.75) is 32.6 Å². The van der Waals surface area contributed by atoms with E-state index in [0.717, 1.165) is 0 Å². The fourth-order valence-electron chi connectivity index (χ4n) is 2.44. The predicted octanol–water partition coefficient (Wildman–Crippen LogP) is 3.42. The molecule has 0 saturated carbocycles. The Morgan fingerprint density at radius 2 is 1.75 bits per heavy atom. The molecule has 1 aromatic carbocycles. The van der Waals surface area contributed by atoms with Crippen LogP contribution in [0, 0.1) is 6.92 Å². The summed E-state index contributed by atoms with van der Waals surface area (Å²) in [6.45, 7) is 4.56. The first-order valence-electron chi connectivity index (χ1n) is 6.34. The van der Waals surface area contributed by atoms with Gasteiger partial charge in [-0.1, -0.05) is 18.9 Å². The lowest BCUT2D eigenvalue weighted by molar-refractivity contribution is 0.726. The Hall–Kier alpha value is -1.18. The summed E-state index contributed by atoms with van der Waals surface area (Å²) >= 11 is 0. The third kappa shape index (κ3) is 2.49. The van der Waals surface area contributed by atoms with Gasteiger partial charge < -0.3 is 10.2 Å². The molecule has 1 aromatic rings. The maximum absolute atomic E-state index is 3.31. The summed E-state index contributed by atoms with van der Waals surface area (Å²) < 4.78 is 0. The zero-order chi connectivity index (χ0) is 11.4. The van der Waals surface area contributed by atoms with Gasteiger partial charge in [-0.25, -0.2) is 0 Å². The lowest BCUT2D eigenvalue weighted by atomic mass is 10.1. The van der Waals surface area contributed by atoms with Gasteiger partial charge >= 0.3 is 0 Å². The molecule has 16 heavy (non-hydrogen) atoms. The maximum atomic E-state index is 3.31. The highest BCUT2D eigenvalue weighted by Gasteiger charge is 2.12. The fourth-order valence-corrected chi connectivity index (χ4v) is 2.44. The largest absolute Gasteiger partial charge is 0.386 e. The van der Waals surface area contributed by atoms with E-state index in [-0.39, 0.29) is 0 Å². The zero-order valence-corrected chi connectivity index (χ0v) is 10.4. The molecule has 0 radical (unpaired) electrons. The topological polar surface area (TPSA) is 15.3 Å². The molecule has 0 unspecified atom stereocenters. The fraction of sp³-hybridized carbons (Fsp3) is 0.571. The Kier molecular flexibility index (Phi) is 3.70. The van der Waals surface area contributed by atoms with E-state index in [1.54, 1.807) is 0 Å². The lowest BCUT2D eigenvalue weighted by Crippen LogP contribution is -2.24. The number of benzene rings is 1. The smallest absolute Gasteiger partial charge is 0.0602 e. The van der Waals surface area contributed by atoms with Crippen molar-refractivity contribution in [3.8, 4) is 0 Å². The van der Waals surface area contributed by atoms with Gasteiger partial charge in [0.15, 0.2) is 0 Å². The third-order valence-electron chi connectivity index (χ3n) is 3.37. The summed E-state index contributed by atoms with van der Waals surface area (Å²) in [5.41, 5.74) is 3.96. The van der Waals surface area contributed by atoms with Gasteiger partial charge in [0, 0.05) is 20.1 Å². The van der Waals surface area contributed by atoms with Gasteiger partial charge in [-0.2, -0.15) is 0 Å².